The van der Waals surface area contributed by atoms with Crippen molar-refractivity contribution in [3.05, 3.63) is 23.8 Å². The molecule has 0 aromatic carbocycles. The summed E-state index contributed by atoms with van der Waals surface area (Å²) < 4.78 is 11.5. The summed E-state index contributed by atoms with van der Waals surface area (Å²) in [5.41, 5.74) is 0.446. The molecule has 0 aliphatic carbocycles. The smallest absolute Gasteiger partial charge is 0.360 e. The second kappa shape index (κ2) is 3.17. The number of carbonyl (C=O) groups is 1. The Bertz CT molecular complexity index is 708. The summed E-state index contributed by atoms with van der Waals surface area (Å²) in [6, 6.07) is 0. The predicted molar refractivity (Wildman–Crippen MR) is 52.4 cm³/mol. The third-order valence-corrected chi connectivity index (χ3v) is 2.40. The van der Waals surface area contributed by atoms with E-state index in [2.05, 4.69) is 19.9 Å². The zero-order chi connectivity index (χ0) is 12.0. The minimum atomic E-state index is -1.23. The number of aromatic carboxylic acids is 1. The van der Waals surface area contributed by atoms with Crippen LogP contribution < -0.4 is 0 Å². The van der Waals surface area contributed by atoms with Crippen LogP contribution in [0.5, 0.6) is 0 Å². The molecule has 3 rings (SSSR count). The van der Waals surface area contributed by atoms with Crippen molar-refractivity contribution in [2.75, 3.05) is 0 Å². The van der Waals surface area contributed by atoms with Gasteiger partial charge >= 0.3 is 11.8 Å². The molecule has 0 aliphatic rings. The van der Waals surface area contributed by atoms with Crippen LogP contribution in [0.1, 0.15) is 16.2 Å². The quantitative estimate of drug-likeness (QED) is 0.704. The number of carboxylic acids is 1. The maximum atomic E-state index is 10.9. The van der Waals surface area contributed by atoms with E-state index in [9.17, 15) is 4.79 Å². The van der Waals surface area contributed by atoms with Gasteiger partial charge in [0.15, 0.2) is 11.5 Å². The Morgan fingerprint density at radius 3 is 3.00 bits per heavy atom. The highest BCUT2D eigenvalue weighted by Crippen LogP contribution is 2.27. The number of rotatable bonds is 2. The van der Waals surface area contributed by atoms with Crippen molar-refractivity contribution in [2.45, 2.75) is 6.92 Å². The molecule has 1 N–H and O–H groups in total. The Morgan fingerprint density at radius 2 is 2.29 bits per heavy atom. The van der Waals surface area contributed by atoms with Crippen molar-refractivity contribution in [3.63, 3.8) is 0 Å². The van der Waals surface area contributed by atoms with Gasteiger partial charge in [0, 0.05) is 12.4 Å². The fraction of sp³-hybridized carbons (Fsp3) is 0.111. The van der Waals surface area contributed by atoms with E-state index in [-0.39, 0.29) is 17.1 Å². The molecule has 0 amide bonds. The molecule has 0 saturated carbocycles. The number of aromatic nitrogens is 4. The molecular formula is C9H6N4O4. The molecule has 8 nitrogen and oxygen atoms in total. The van der Waals surface area contributed by atoms with E-state index in [1.807, 2.05) is 0 Å². The standard InChI is InChI=1S/C9H6N4O4/c1-4-7(16-9-10-2-3-13(4)9)5-6(8(14)15)12-17-11-5/h2-3H,1H3,(H,14,15). The van der Waals surface area contributed by atoms with Crippen molar-refractivity contribution < 1.29 is 18.9 Å². The van der Waals surface area contributed by atoms with Gasteiger partial charge in [-0.15, -0.1) is 0 Å². The lowest BCUT2D eigenvalue weighted by molar-refractivity contribution is 0.0685. The van der Waals surface area contributed by atoms with Crippen LogP contribution in [0.15, 0.2) is 21.4 Å². The topological polar surface area (TPSA) is 107 Å². The normalized spacial score (nSPS) is 11.1. The fourth-order valence-electron chi connectivity index (χ4n) is 1.59. The average Bonchev–Trinajstić information content (AvgIpc) is 2.95. The molecular weight excluding hydrogens is 228 g/mol. The van der Waals surface area contributed by atoms with E-state index in [0.29, 0.717) is 11.5 Å². The molecule has 0 saturated heterocycles. The van der Waals surface area contributed by atoms with Crippen LogP contribution in [0.2, 0.25) is 0 Å². The van der Waals surface area contributed by atoms with Crippen molar-refractivity contribution in [1.82, 2.24) is 19.7 Å². The van der Waals surface area contributed by atoms with E-state index in [1.165, 1.54) is 0 Å². The summed E-state index contributed by atoms with van der Waals surface area (Å²) in [5.74, 6) is -0.585. The van der Waals surface area contributed by atoms with Crippen LogP contribution >= 0.6 is 0 Å². The van der Waals surface area contributed by atoms with Gasteiger partial charge in [0.05, 0.1) is 5.69 Å². The van der Waals surface area contributed by atoms with Gasteiger partial charge in [0.25, 0.3) is 0 Å². The van der Waals surface area contributed by atoms with Gasteiger partial charge in [0.1, 0.15) is 0 Å². The second-order valence-electron chi connectivity index (χ2n) is 3.36. The summed E-state index contributed by atoms with van der Waals surface area (Å²) >= 11 is 0. The lowest BCUT2D eigenvalue weighted by atomic mass is 10.2. The highest BCUT2D eigenvalue weighted by atomic mass is 16.6. The molecule has 3 aromatic heterocycles. The minimum absolute atomic E-state index is 0.0560. The van der Waals surface area contributed by atoms with Gasteiger partial charge in [-0.2, -0.15) is 0 Å². The Morgan fingerprint density at radius 1 is 1.47 bits per heavy atom. The number of aryl methyl sites for hydroxylation is 1. The minimum Gasteiger partial charge on any atom is -0.476 e. The van der Waals surface area contributed by atoms with Gasteiger partial charge in [-0.05, 0) is 17.2 Å². The van der Waals surface area contributed by atoms with Crippen molar-refractivity contribution in [1.29, 1.82) is 0 Å². The van der Waals surface area contributed by atoms with Crippen LogP contribution in [0.25, 0.3) is 17.3 Å². The number of hydrogen-bond acceptors (Lipinski definition) is 6. The van der Waals surface area contributed by atoms with Crippen molar-refractivity contribution in [2.24, 2.45) is 0 Å². The summed E-state index contributed by atoms with van der Waals surface area (Å²) in [5, 5.41) is 15.8. The molecule has 0 spiro atoms. The van der Waals surface area contributed by atoms with Crippen LogP contribution in [0.4, 0.5) is 0 Å². The highest BCUT2D eigenvalue weighted by molar-refractivity contribution is 5.91. The van der Waals surface area contributed by atoms with Crippen LogP contribution in [-0.4, -0.2) is 30.8 Å². The Hall–Kier alpha value is -2.64. The first-order valence-electron chi connectivity index (χ1n) is 4.67. The third kappa shape index (κ3) is 1.24. The molecule has 17 heavy (non-hydrogen) atoms. The van der Waals surface area contributed by atoms with E-state index in [0.717, 1.165) is 0 Å². The molecule has 0 unspecified atom stereocenters. The Balaban J connectivity index is 2.26. The number of carboxylic acid groups (broad SMARTS) is 1. The van der Waals surface area contributed by atoms with Crippen LogP contribution in [-0.2, 0) is 0 Å². The highest BCUT2D eigenvalue weighted by Gasteiger charge is 2.24. The maximum Gasteiger partial charge on any atom is 0.360 e. The van der Waals surface area contributed by atoms with Crippen molar-refractivity contribution >= 4 is 11.8 Å². The monoisotopic (exact) mass is 234 g/mol. The number of oxazole rings is 1. The van der Waals surface area contributed by atoms with E-state index < -0.39 is 5.97 Å². The van der Waals surface area contributed by atoms with Crippen LogP contribution in [0.3, 0.4) is 0 Å². The molecule has 0 atom stereocenters. The Kier molecular flexibility index (Phi) is 1.79. The molecule has 0 aliphatic heterocycles. The predicted octanol–water partition coefficient (Wildman–Crippen LogP) is 0.984. The summed E-state index contributed by atoms with van der Waals surface area (Å²) in [6.07, 6.45) is 3.28. The van der Waals surface area contributed by atoms with Gasteiger partial charge in [-0.3, -0.25) is 4.40 Å². The van der Waals surface area contributed by atoms with Gasteiger partial charge in [0.2, 0.25) is 5.69 Å². The fourth-order valence-corrected chi connectivity index (χ4v) is 1.59. The third-order valence-electron chi connectivity index (χ3n) is 2.40. The van der Waals surface area contributed by atoms with Gasteiger partial charge < -0.3 is 9.52 Å². The maximum absolute atomic E-state index is 10.9. The summed E-state index contributed by atoms with van der Waals surface area (Å²) in [6.45, 7) is 1.76. The summed E-state index contributed by atoms with van der Waals surface area (Å²) in [7, 11) is 0. The number of nitrogens with zero attached hydrogens (tertiary/aromatic N) is 4. The largest absolute Gasteiger partial charge is 0.476 e. The molecule has 0 bridgehead atoms. The molecule has 86 valence electrons. The first kappa shape index (κ1) is 9.58. The number of imidazole rings is 1. The second-order valence-corrected chi connectivity index (χ2v) is 3.36. The molecule has 3 heterocycles. The number of hydrogen-bond donors (Lipinski definition) is 1. The molecule has 0 radical (unpaired) electrons. The molecule has 3 aromatic rings. The van der Waals surface area contributed by atoms with Crippen LogP contribution in [0, 0.1) is 6.92 Å². The first-order valence-corrected chi connectivity index (χ1v) is 4.67. The number of fused-ring (bicyclic) bond motifs is 1. The Labute approximate surface area is 93.4 Å². The average molecular weight is 234 g/mol. The lowest BCUT2D eigenvalue weighted by Crippen LogP contribution is -1.99. The van der Waals surface area contributed by atoms with E-state index >= 15 is 0 Å². The molecule has 0 fully saturated rings. The SMILES string of the molecule is Cc1c(-c2nonc2C(=O)O)oc2nccn12. The van der Waals surface area contributed by atoms with Gasteiger partial charge in [-0.25, -0.2) is 14.4 Å². The zero-order valence-electron chi connectivity index (χ0n) is 8.62. The zero-order valence-corrected chi connectivity index (χ0v) is 8.62. The lowest BCUT2D eigenvalue weighted by Gasteiger charge is -1.92. The van der Waals surface area contributed by atoms with Gasteiger partial charge in [-0.1, -0.05) is 0 Å². The summed E-state index contributed by atoms with van der Waals surface area (Å²) in [4.78, 5) is 14.8. The first-order chi connectivity index (χ1) is 8.18. The van der Waals surface area contributed by atoms with E-state index in [1.54, 1.807) is 23.7 Å². The van der Waals surface area contributed by atoms with Crippen molar-refractivity contribution in [3.8, 4) is 11.5 Å². The van der Waals surface area contributed by atoms with E-state index in [4.69, 9.17) is 9.52 Å². The molecule has 8 heteroatoms.